The number of aryl methyl sites for hydroxylation is 2. The molecule has 27 heavy (non-hydrogen) atoms. The first-order chi connectivity index (χ1) is 12.8. The zero-order valence-electron chi connectivity index (χ0n) is 14.8. The second kappa shape index (κ2) is 7.75. The Bertz CT molecular complexity index is 971. The van der Waals surface area contributed by atoms with Crippen molar-refractivity contribution in [3.8, 4) is 0 Å². The van der Waals surface area contributed by atoms with Crippen LogP contribution in [0.25, 0.3) is 6.08 Å². The fraction of sp³-hybridized carbons (Fsp3) is 0.150. The number of hydrogen-bond acceptors (Lipinski definition) is 4. The molecule has 0 saturated carbocycles. The second-order valence-corrected chi connectivity index (χ2v) is 7.13. The van der Waals surface area contributed by atoms with Gasteiger partial charge in [-0.1, -0.05) is 24.3 Å². The Morgan fingerprint density at radius 1 is 1.15 bits per heavy atom. The highest BCUT2D eigenvalue weighted by molar-refractivity contribution is 8.18. The molecule has 0 aliphatic carbocycles. The first-order valence-corrected chi connectivity index (χ1v) is 9.04. The van der Waals surface area contributed by atoms with E-state index < -0.39 is 29.4 Å². The molecule has 0 aromatic heterocycles. The van der Waals surface area contributed by atoms with Crippen LogP contribution in [-0.4, -0.2) is 28.5 Å². The zero-order valence-corrected chi connectivity index (χ0v) is 15.6. The smallest absolute Gasteiger partial charge is 0.294 e. The van der Waals surface area contributed by atoms with E-state index in [0.717, 1.165) is 16.0 Å². The number of rotatable bonds is 4. The van der Waals surface area contributed by atoms with Gasteiger partial charge in [0, 0.05) is 11.3 Å². The maximum Gasteiger partial charge on any atom is 0.294 e. The number of anilines is 1. The highest BCUT2D eigenvalue weighted by Gasteiger charge is 2.36. The van der Waals surface area contributed by atoms with Crippen molar-refractivity contribution < 1.29 is 18.8 Å². The fourth-order valence-corrected chi connectivity index (χ4v) is 3.36. The van der Waals surface area contributed by atoms with E-state index >= 15 is 0 Å². The molecule has 138 valence electrons. The van der Waals surface area contributed by atoms with Crippen LogP contribution in [0.5, 0.6) is 0 Å². The van der Waals surface area contributed by atoms with Crippen molar-refractivity contribution in [3.63, 3.8) is 0 Å². The van der Waals surface area contributed by atoms with Gasteiger partial charge in [0.05, 0.1) is 4.91 Å². The Morgan fingerprint density at radius 3 is 2.59 bits per heavy atom. The summed E-state index contributed by atoms with van der Waals surface area (Å²) in [7, 11) is 0. The van der Waals surface area contributed by atoms with Crippen molar-refractivity contribution >= 4 is 40.6 Å². The Morgan fingerprint density at radius 2 is 1.89 bits per heavy atom. The van der Waals surface area contributed by atoms with Gasteiger partial charge in [-0.25, -0.2) is 4.39 Å². The lowest BCUT2D eigenvalue weighted by atomic mass is 10.1. The third-order valence-electron chi connectivity index (χ3n) is 4.16. The molecule has 1 N–H and O–H groups in total. The molecule has 1 fully saturated rings. The molecule has 0 atom stereocenters. The van der Waals surface area contributed by atoms with Crippen molar-refractivity contribution in [2.75, 3.05) is 11.9 Å². The standard InChI is InChI=1S/C20H17FN2O3S/c1-12-7-8-15(9-13(12)2)22-18(24)11-23-19(25)17(27-20(23)26)10-14-5-3-4-6-16(14)21/h3-10H,11H2,1-2H3,(H,22,24)/b17-10+. The lowest BCUT2D eigenvalue weighted by Gasteiger charge is -2.13. The molecule has 0 spiro atoms. The summed E-state index contributed by atoms with van der Waals surface area (Å²) in [6.45, 7) is 3.49. The van der Waals surface area contributed by atoms with E-state index in [1.165, 1.54) is 24.3 Å². The minimum atomic E-state index is -0.608. The Hall–Kier alpha value is -2.93. The van der Waals surface area contributed by atoms with Crippen LogP contribution >= 0.6 is 11.8 Å². The summed E-state index contributed by atoms with van der Waals surface area (Å²) in [5.74, 6) is -1.58. The lowest BCUT2D eigenvalue weighted by molar-refractivity contribution is -0.127. The van der Waals surface area contributed by atoms with Crippen LogP contribution in [0, 0.1) is 19.7 Å². The number of imide groups is 1. The first-order valence-electron chi connectivity index (χ1n) is 8.22. The van der Waals surface area contributed by atoms with E-state index in [4.69, 9.17) is 0 Å². The predicted octanol–water partition coefficient (Wildman–Crippen LogP) is 4.12. The maximum absolute atomic E-state index is 13.7. The molecule has 3 rings (SSSR count). The molecule has 3 amide bonds. The van der Waals surface area contributed by atoms with Gasteiger partial charge in [-0.05, 0) is 61.0 Å². The van der Waals surface area contributed by atoms with Crippen molar-refractivity contribution in [1.82, 2.24) is 4.90 Å². The van der Waals surface area contributed by atoms with Gasteiger partial charge in [-0.2, -0.15) is 0 Å². The van der Waals surface area contributed by atoms with E-state index in [2.05, 4.69) is 5.32 Å². The molecule has 2 aromatic rings. The molecule has 0 bridgehead atoms. The highest BCUT2D eigenvalue weighted by Crippen LogP contribution is 2.32. The topological polar surface area (TPSA) is 66.5 Å². The number of amides is 3. The van der Waals surface area contributed by atoms with Gasteiger partial charge >= 0.3 is 0 Å². The monoisotopic (exact) mass is 384 g/mol. The van der Waals surface area contributed by atoms with Crippen molar-refractivity contribution in [2.45, 2.75) is 13.8 Å². The third-order valence-corrected chi connectivity index (χ3v) is 5.07. The number of nitrogens with one attached hydrogen (secondary N) is 1. The minimum Gasteiger partial charge on any atom is -0.325 e. The molecular weight excluding hydrogens is 367 g/mol. The number of hydrogen-bond donors (Lipinski definition) is 1. The Labute approximate surface area is 160 Å². The maximum atomic E-state index is 13.7. The number of halogens is 1. The summed E-state index contributed by atoms with van der Waals surface area (Å²) in [6, 6.07) is 11.4. The van der Waals surface area contributed by atoms with Crippen LogP contribution in [-0.2, 0) is 9.59 Å². The molecule has 1 heterocycles. The predicted molar refractivity (Wildman–Crippen MR) is 104 cm³/mol. The molecule has 5 nitrogen and oxygen atoms in total. The van der Waals surface area contributed by atoms with E-state index in [0.29, 0.717) is 17.4 Å². The third kappa shape index (κ3) is 4.25. The summed E-state index contributed by atoms with van der Waals surface area (Å²) >= 11 is 0.690. The summed E-state index contributed by atoms with van der Waals surface area (Å²) in [5, 5.41) is 2.12. The molecule has 1 aliphatic heterocycles. The number of carbonyl (C=O) groups excluding carboxylic acids is 3. The van der Waals surface area contributed by atoms with E-state index in [1.54, 1.807) is 12.1 Å². The summed E-state index contributed by atoms with van der Waals surface area (Å²) in [5.41, 5.74) is 2.92. The number of nitrogens with zero attached hydrogens (tertiary/aromatic N) is 1. The molecule has 1 aliphatic rings. The molecule has 1 saturated heterocycles. The molecule has 0 radical (unpaired) electrons. The van der Waals surface area contributed by atoms with Gasteiger partial charge in [0.25, 0.3) is 11.1 Å². The van der Waals surface area contributed by atoms with Crippen molar-refractivity contribution in [1.29, 1.82) is 0 Å². The normalized spacial score (nSPS) is 15.5. The highest BCUT2D eigenvalue weighted by atomic mass is 32.2. The van der Waals surface area contributed by atoms with Gasteiger partial charge in [0.2, 0.25) is 5.91 Å². The second-order valence-electron chi connectivity index (χ2n) is 6.14. The fourth-order valence-electron chi connectivity index (χ4n) is 2.53. The zero-order chi connectivity index (χ0) is 19.6. The van der Waals surface area contributed by atoms with E-state index in [1.807, 2.05) is 26.0 Å². The van der Waals surface area contributed by atoms with Crippen LogP contribution < -0.4 is 5.32 Å². The van der Waals surface area contributed by atoms with Gasteiger partial charge < -0.3 is 5.32 Å². The number of carbonyl (C=O) groups is 3. The summed E-state index contributed by atoms with van der Waals surface area (Å²) in [6.07, 6.45) is 1.32. The average molecular weight is 384 g/mol. The van der Waals surface area contributed by atoms with Gasteiger partial charge in [0.1, 0.15) is 12.4 Å². The summed E-state index contributed by atoms with van der Waals surface area (Å²) in [4.78, 5) is 37.7. The molecule has 7 heteroatoms. The van der Waals surface area contributed by atoms with E-state index in [9.17, 15) is 18.8 Å². The average Bonchev–Trinajstić information content (AvgIpc) is 2.88. The van der Waals surface area contributed by atoms with Crippen molar-refractivity contribution in [2.24, 2.45) is 0 Å². The van der Waals surface area contributed by atoms with Crippen molar-refractivity contribution in [3.05, 3.63) is 69.9 Å². The van der Waals surface area contributed by atoms with Crippen LogP contribution in [0.2, 0.25) is 0 Å². The quantitative estimate of drug-likeness (QED) is 0.806. The lowest BCUT2D eigenvalue weighted by Crippen LogP contribution is -2.36. The van der Waals surface area contributed by atoms with Gasteiger partial charge in [-0.3, -0.25) is 19.3 Å². The van der Waals surface area contributed by atoms with E-state index in [-0.39, 0.29) is 10.5 Å². The first kappa shape index (κ1) is 18.8. The largest absolute Gasteiger partial charge is 0.325 e. The van der Waals surface area contributed by atoms with Crippen LogP contribution in [0.1, 0.15) is 16.7 Å². The number of benzene rings is 2. The van der Waals surface area contributed by atoms with Crippen LogP contribution in [0.15, 0.2) is 47.4 Å². The van der Waals surface area contributed by atoms with Gasteiger partial charge in [0.15, 0.2) is 0 Å². The Balaban J connectivity index is 1.71. The summed E-state index contributed by atoms with van der Waals surface area (Å²) < 4.78 is 13.7. The van der Waals surface area contributed by atoms with Gasteiger partial charge in [-0.15, -0.1) is 0 Å². The van der Waals surface area contributed by atoms with Crippen LogP contribution in [0.4, 0.5) is 14.9 Å². The molecular formula is C20H17FN2O3S. The Kier molecular flexibility index (Phi) is 5.41. The SMILES string of the molecule is Cc1ccc(NC(=O)CN2C(=O)S/C(=C/c3ccccc3F)C2=O)cc1C. The van der Waals surface area contributed by atoms with Crippen LogP contribution in [0.3, 0.4) is 0 Å². The molecule has 0 unspecified atom stereocenters. The molecule has 2 aromatic carbocycles. The minimum absolute atomic E-state index is 0.0871. The number of thioether (sulfide) groups is 1.